The second-order valence-electron chi connectivity index (χ2n) is 11.7. The van der Waals surface area contributed by atoms with Crippen LogP contribution in [0.5, 0.6) is 11.5 Å². The summed E-state index contributed by atoms with van der Waals surface area (Å²) < 4.78 is 11.6. The van der Waals surface area contributed by atoms with E-state index < -0.39 is 0 Å². The first kappa shape index (κ1) is 32.7. The molecule has 1 fully saturated rings. The van der Waals surface area contributed by atoms with E-state index in [0.29, 0.717) is 0 Å². The van der Waals surface area contributed by atoms with Crippen molar-refractivity contribution in [3.63, 3.8) is 0 Å². The zero-order valence-corrected chi connectivity index (χ0v) is 27.7. The number of ether oxygens (including phenoxy) is 2. The fourth-order valence-corrected chi connectivity index (χ4v) is 5.23. The van der Waals surface area contributed by atoms with Gasteiger partial charge in [-0.2, -0.15) is 20.5 Å². The zero-order chi connectivity index (χ0) is 32.1. The van der Waals surface area contributed by atoms with Gasteiger partial charge in [-0.1, -0.05) is 26.7 Å². The minimum Gasteiger partial charge on any atom is -0.494 e. The van der Waals surface area contributed by atoms with Crippen molar-refractivity contribution in [2.24, 2.45) is 20.5 Å². The summed E-state index contributed by atoms with van der Waals surface area (Å²) in [6.07, 6.45) is 4.36. The third-order valence-electron chi connectivity index (χ3n) is 8.13. The molecule has 0 atom stereocenters. The molecule has 1 heterocycles. The quantitative estimate of drug-likeness (QED) is 0.104. The number of anilines is 2. The monoisotopic (exact) mass is 618 g/mol. The SMILES string of the molecule is CCCCOc1ccc(/N=N/c2ccc(N3CCN(c4ccc(/N=N/c5ccc(OCCCC)cc5C)cc4)CC3)cc2)c(C)c1. The molecule has 4 aromatic rings. The lowest BCUT2D eigenvalue weighted by atomic mass is 10.2. The molecule has 1 saturated heterocycles. The van der Waals surface area contributed by atoms with E-state index in [0.717, 1.165) is 110 Å². The summed E-state index contributed by atoms with van der Waals surface area (Å²) in [4.78, 5) is 4.84. The predicted octanol–water partition coefficient (Wildman–Crippen LogP) is 10.8. The van der Waals surface area contributed by atoms with Gasteiger partial charge < -0.3 is 19.3 Å². The van der Waals surface area contributed by atoms with Crippen LogP contribution in [0.3, 0.4) is 0 Å². The minimum absolute atomic E-state index is 0.741. The van der Waals surface area contributed by atoms with Gasteiger partial charge in [0.2, 0.25) is 0 Å². The highest BCUT2D eigenvalue weighted by molar-refractivity contribution is 5.57. The smallest absolute Gasteiger partial charge is 0.119 e. The largest absolute Gasteiger partial charge is 0.494 e. The van der Waals surface area contributed by atoms with E-state index in [-0.39, 0.29) is 0 Å². The maximum absolute atomic E-state index is 5.80. The fraction of sp³-hybridized carbons (Fsp3) is 0.368. The van der Waals surface area contributed by atoms with Crippen LogP contribution >= 0.6 is 0 Å². The summed E-state index contributed by atoms with van der Waals surface area (Å²) in [6.45, 7) is 13.7. The molecule has 0 amide bonds. The number of hydrogen-bond donors (Lipinski definition) is 0. The molecule has 0 bridgehead atoms. The number of unbranched alkanes of at least 4 members (excludes halogenated alkanes) is 2. The molecule has 0 aromatic heterocycles. The first-order chi connectivity index (χ1) is 22.5. The minimum atomic E-state index is 0.741. The molecule has 0 unspecified atom stereocenters. The van der Waals surface area contributed by atoms with E-state index in [9.17, 15) is 0 Å². The molecule has 0 N–H and O–H groups in total. The van der Waals surface area contributed by atoms with Gasteiger partial charge >= 0.3 is 0 Å². The molecule has 5 rings (SSSR count). The summed E-state index contributed by atoms with van der Waals surface area (Å²) in [5.41, 5.74) is 7.90. The number of rotatable bonds is 14. The van der Waals surface area contributed by atoms with Gasteiger partial charge in [-0.3, -0.25) is 0 Å². The van der Waals surface area contributed by atoms with E-state index in [1.54, 1.807) is 0 Å². The highest BCUT2D eigenvalue weighted by Gasteiger charge is 2.17. The van der Waals surface area contributed by atoms with E-state index in [4.69, 9.17) is 9.47 Å². The lowest BCUT2D eigenvalue weighted by Gasteiger charge is -2.37. The molecular weight excluding hydrogens is 572 g/mol. The Bertz CT molecular complexity index is 1470. The van der Waals surface area contributed by atoms with Crippen molar-refractivity contribution in [1.82, 2.24) is 0 Å². The van der Waals surface area contributed by atoms with E-state index >= 15 is 0 Å². The van der Waals surface area contributed by atoms with Crippen molar-refractivity contribution in [1.29, 1.82) is 0 Å². The molecule has 8 heteroatoms. The normalized spacial score (nSPS) is 13.6. The van der Waals surface area contributed by atoms with Gasteiger partial charge in [-0.05, 0) is 123 Å². The molecule has 8 nitrogen and oxygen atoms in total. The van der Waals surface area contributed by atoms with Crippen LogP contribution in [-0.2, 0) is 0 Å². The van der Waals surface area contributed by atoms with Gasteiger partial charge in [0.1, 0.15) is 11.5 Å². The van der Waals surface area contributed by atoms with Crippen LogP contribution in [0.4, 0.5) is 34.1 Å². The molecule has 0 saturated carbocycles. The first-order valence-corrected chi connectivity index (χ1v) is 16.5. The highest BCUT2D eigenvalue weighted by Crippen LogP contribution is 2.29. The van der Waals surface area contributed by atoms with Gasteiger partial charge in [-0.15, -0.1) is 0 Å². The van der Waals surface area contributed by atoms with Crippen molar-refractivity contribution in [3.8, 4) is 11.5 Å². The van der Waals surface area contributed by atoms with E-state index in [1.165, 1.54) is 11.4 Å². The van der Waals surface area contributed by atoms with Crippen molar-refractivity contribution < 1.29 is 9.47 Å². The Balaban J connectivity index is 1.10. The van der Waals surface area contributed by atoms with E-state index in [2.05, 4.69) is 68.4 Å². The van der Waals surface area contributed by atoms with Gasteiger partial charge in [0, 0.05) is 37.6 Å². The number of piperazine rings is 1. The summed E-state index contributed by atoms with van der Waals surface area (Å²) in [7, 11) is 0. The Labute approximate surface area is 273 Å². The van der Waals surface area contributed by atoms with Gasteiger partial charge in [0.05, 0.1) is 36.0 Å². The van der Waals surface area contributed by atoms with Gasteiger partial charge in [-0.25, -0.2) is 0 Å². The van der Waals surface area contributed by atoms with Crippen LogP contribution in [0.15, 0.2) is 105 Å². The van der Waals surface area contributed by atoms with Crippen LogP contribution < -0.4 is 19.3 Å². The molecule has 4 aromatic carbocycles. The van der Waals surface area contributed by atoms with Crippen molar-refractivity contribution >= 4 is 34.1 Å². The van der Waals surface area contributed by atoms with Gasteiger partial charge in [0.25, 0.3) is 0 Å². The molecule has 240 valence electrons. The second-order valence-corrected chi connectivity index (χ2v) is 11.7. The molecule has 0 aliphatic carbocycles. The zero-order valence-electron chi connectivity index (χ0n) is 27.7. The molecule has 0 radical (unpaired) electrons. The summed E-state index contributed by atoms with van der Waals surface area (Å²) >= 11 is 0. The molecular formula is C38H46N6O2. The lowest BCUT2D eigenvalue weighted by Crippen LogP contribution is -2.46. The Morgan fingerprint density at radius 3 is 1.26 bits per heavy atom. The molecule has 0 spiro atoms. The Kier molecular flexibility index (Phi) is 11.8. The second kappa shape index (κ2) is 16.5. The molecule has 1 aliphatic rings. The van der Waals surface area contributed by atoms with Crippen LogP contribution in [0, 0.1) is 13.8 Å². The topological polar surface area (TPSA) is 74.4 Å². The molecule has 1 aliphatic heterocycles. The van der Waals surface area contributed by atoms with Crippen molar-refractivity contribution in [2.75, 3.05) is 49.2 Å². The Morgan fingerprint density at radius 1 is 0.522 bits per heavy atom. The average Bonchev–Trinajstić information content (AvgIpc) is 3.08. The first-order valence-electron chi connectivity index (χ1n) is 16.5. The van der Waals surface area contributed by atoms with Crippen LogP contribution in [0.2, 0.25) is 0 Å². The maximum Gasteiger partial charge on any atom is 0.119 e. The molecule has 46 heavy (non-hydrogen) atoms. The highest BCUT2D eigenvalue weighted by atomic mass is 16.5. The van der Waals surface area contributed by atoms with Gasteiger partial charge in [0.15, 0.2) is 0 Å². The Hall–Kier alpha value is -4.72. The van der Waals surface area contributed by atoms with Crippen LogP contribution in [0.1, 0.15) is 50.7 Å². The standard InChI is InChI=1S/C38H46N6O2/c1-5-7-25-45-35-17-19-37(29(3)27-35)41-39-31-9-13-33(14-10-31)43-21-23-44(24-22-43)34-15-11-32(12-16-34)40-42-38-20-18-36(28-30(38)4)46-26-8-6-2/h9-20,27-28H,5-8,21-26H2,1-4H3/b41-39+,42-40+. The number of aryl methyl sites for hydroxylation is 2. The van der Waals surface area contributed by atoms with Crippen molar-refractivity contribution in [2.45, 2.75) is 53.4 Å². The predicted molar refractivity (Wildman–Crippen MR) is 189 cm³/mol. The van der Waals surface area contributed by atoms with E-state index in [1.807, 2.05) is 74.5 Å². The maximum atomic E-state index is 5.80. The number of hydrogen-bond acceptors (Lipinski definition) is 8. The lowest BCUT2D eigenvalue weighted by molar-refractivity contribution is 0.309. The summed E-state index contributed by atoms with van der Waals surface area (Å²) in [5.74, 6) is 1.77. The average molecular weight is 619 g/mol. The third kappa shape index (κ3) is 9.16. The third-order valence-corrected chi connectivity index (χ3v) is 8.13. The van der Waals surface area contributed by atoms with Crippen LogP contribution in [0.25, 0.3) is 0 Å². The fourth-order valence-electron chi connectivity index (χ4n) is 5.23. The number of nitrogens with zero attached hydrogens (tertiary/aromatic N) is 6. The Morgan fingerprint density at radius 2 is 0.913 bits per heavy atom. The van der Waals surface area contributed by atoms with Crippen molar-refractivity contribution in [3.05, 3.63) is 96.1 Å². The number of azo groups is 2. The summed E-state index contributed by atoms with van der Waals surface area (Å²) in [5, 5.41) is 17.9. The number of benzene rings is 4. The summed E-state index contributed by atoms with van der Waals surface area (Å²) in [6, 6.07) is 28.6. The van der Waals surface area contributed by atoms with Crippen LogP contribution in [-0.4, -0.2) is 39.4 Å².